The topological polar surface area (TPSA) is 44.5 Å². The van der Waals surface area contributed by atoms with Crippen molar-refractivity contribution in [1.82, 2.24) is 0 Å². The molecule has 13 heavy (non-hydrogen) atoms. The van der Waals surface area contributed by atoms with E-state index in [4.69, 9.17) is 15.2 Å². The van der Waals surface area contributed by atoms with Gasteiger partial charge >= 0.3 is 0 Å². The summed E-state index contributed by atoms with van der Waals surface area (Å²) < 4.78 is 12.0. The molecule has 1 aromatic rings. The molecule has 1 atom stereocenters. The van der Waals surface area contributed by atoms with E-state index in [1.165, 1.54) is 0 Å². The third kappa shape index (κ3) is 1.64. The van der Waals surface area contributed by atoms with Crippen LogP contribution >= 0.6 is 15.9 Å². The molecule has 0 saturated carbocycles. The van der Waals surface area contributed by atoms with E-state index in [0.29, 0.717) is 13.2 Å². The second-order valence-corrected chi connectivity index (χ2v) is 3.71. The van der Waals surface area contributed by atoms with Crippen molar-refractivity contribution in [3.63, 3.8) is 0 Å². The van der Waals surface area contributed by atoms with E-state index in [9.17, 15) is 0 Å². The maximum absolute atomic E-state index is 5.58. The fourth-order valence-corrected chi connectivity index (χ4v) is 1.69. The number of nitrogens with two attached hydrogens (primary N) is 1. The monoisotopic (exact) mass is 243 g/mol. The minimum atomic E-state index is -0.0261. The minimum Gasteiger partial charge on any atom is -0.485 e. The Balaban J connectivity index is 2.31. The van der Waals surface area contributed by atoms with Crippen LogP contribution in [0, 0.1) is 0 Å². The Morgan fingerprint density at radius 2 is 2.38 bits per heavy atom. The van der Waals surface area contributed by atoms with Crippen LogP contribution in [0.5, 0.6) is 11.5 Å². The molecule has 0 saturated heterocycles. The highest BCUT2D eigenvalue weighted by molar-refractivity contribution is 9.10. The maximum atomic E-state index is 5.58. The van der Waals surface area contributed by atoms with Crippen LogP contribution in [-0.2, 0) is 0 Å². The van der Waals surface area contributed by atoms with Gasteiger partial charge < -0.3 is 15.2 Å². The van der Waals surface area contributed by atoms with E-state index < -0.39 is 0 Å². The highest BCUT2D eigenvalue weighted by Gasteiger charge is 2.20. The van der Waals surface area contributed by atoms with Crippen LogP contribution in [0.15, 0.2) is 22.7 Å². The van der Waals surface area contributed by atoms with Gasteiger partial charge in [0.2, 0.25) is 0 Å². The summed E-state index contributed by atoms with van der Waals surface area (Å²) in [7, 11) is 0. The highest BCUT2D eigenvalue weighted by Crippen LogP contribution is 2.37. The van der Waals surface area contributed by atoms with Gasteiger partial charge in [0.05, 0.1) is 4.47 Å². The highest BCUT2D eigenvalue weighted by atomic mass is 79.9. The summed E-state index contributed by atoms with van der Waals surface area (Å²) in [4.78, 5) is 0. The molecular weight excluding hydrogens is 234 g/mol. The number of fused-ring (bicyclic) bond motifs is 1. The molecule has 4 heteroatoms. The average Bonchev–Trinajstić information content (AvgIpc) is 2.18. The van der Waals surface area contributed by atoms with Gasteiger partial charge in [0.15, 0.2) is 11.5 Å². The summed E-state index contributed by atoms with van der Waals surface area (Å²) in [6.45, 7) is 0.998. The van der Waals surface area contributed by atoms with Gasteiger partial charge in [-0.05, 0) is 28.1 Å². The predicted octanol–water partition coefficient (Wildman–Crippen LogP) is 1.55. The van der Waals surface area contributed by atoms with Crippen molar-refractivity contribution in [3.05, 3.63) is 22.7 Å². The van der Waals surface area contributed by atoms with E-state index in [-0.39, 0.29) is 6.10 Å². The molecule has 0 aliphatic carbocycles. The number of hydrogen-bond donors (Lipinski definition) is 1. The third-order valence-electron chi connectivity index (χ3n) is 1.90. The maximum Gasteiger partial charge on any atom is 0.175 e. The largest absolute Gasteiger partial charge is 0.485 e. The van der Waals surface area contributed by atoms with Gasteiger partial charge in [0.25, 0.3) is 0 Å². The van der Waals surface area contributed by atoms with Crippen molar-refractivity contribution >= 4 is 15.9 Å². The third-order valence-corrected chi connectivity index (χ3v) is 2.53. The van der Waals surface area contributed by atoms with Gasteiger partial charge in [-0.25, -0.2) is 0 Å². The first-order valence-electron chi connectivity index (χ1n) is 4.09. The zero-order valence-corrected chi connectivity index (χ0v) is 8.58. The van der Waals surface area contributed by atoms with Crippen LogP contribution in [-0.4, -0.2) is 19.3 Å². The van der Waals surface area contributed by atoms with E-state index in [1.54, 1.807) is 0 Å². The van der Waals surface area contributed by atoms with E-state index in [1.807, 2.05) is 18.2 Å². The number of ether oxygens (including phenoxy) is 2. The molecular formula is C9H10BrNO2. The smallest absolute Gasteiger partial charge is 0.175 e. The molecule has 1 aromatic carbocycles. The Morgan fingerprint density at radius 1 is 1.54 bits per heavy atom. The average molecular weight is 244 g/mol. The van der Waals surface area contributed by atoms with Gasteiger partial charge in [-0.15, -0.1) is 0 Å². The summed E-state index contributed by atoms with van der Waals surface area (Å²) >= 11 is 3.39. The lowest BCUT2D eigenvalue weighted by molar-refractivity contribution is 0.0961. The lowest BCUT2D eigenvalue weighted by Gasteiger charge is -2.25. The number of benzene rings is 1. The molecule has 1 unspecified atom stereocenters. The lowest BCUT2D eigenvalue weighted by atomic mass is 10.2. The molecule has 2 N–H and O–H groups in total. The van der Waals surface area contributed by atoms with Crippen LogP contribution < -0.4 is 15.2 Å². The number of halogens is 1. The van der Waals surface area contributed by atoms with Crippen LogP contribution in [0.25, 0.3) is 0 Å². The number of para-hydroxylation sites is 1. The Bertz CT molecular complexity index is 316. The Kier molecular flexibility index (Phi) is 2.42. The molecule has 0 fully saturated rings. The molecule has 0 aromatic heterocycles. The lowest BCUT2D eigenvalue weighted by Crippen LogP contribution is -2.35. The molecule has 70 valence electrons. The van der Waals surface area contributed by atoms with Gasteiger partial charge in [-0.3, -0.25) is 0 Å². The molecule has 1 aliphatic rings. The number of hydrogen-bond acceptors (Lipinski definition) is 3. The Hall–Kier alpha value is -0.740. The van der Waals surface area contributed by atoms with Crippen molar-refractivity contribution in [2.24, 2.45) is 5.73 Å². The second kappa shape index (κ2) is 3.55. The van der Waals surface area contributed by atoms with E-state index >= 15 is 0 Å². The molecule has 0 radical (unpaired) electrons. The second-order valence-electron chi connectivity index (χ2n) is 2.85. The van der Waals surface area contributed by atoms with Crippen molar-refractivity contribution in [2.75, 3.05) is 13.2 Å². The molecule has 0 bridgehead atoms. The summed E-state index contributed by atoms with van der Waals surface area (Å²) in [6, 6.07) is 5.71. The first-order valence-corrected chi connectivity index (χ1v) is 4.88. The van der Waals surface area contributed by atoms with Crippen LogP contribution in [0.4, 0.5) is 0 Å². The van der Waals surface area contributed by atoms with Crippen molar-refractivity contribution in [1.29, 1.82) is 0 Å². The normalized spacial score (nSPS) is 20.0. The zero-order chi connectivity index (χ0) is 9.26. The summed E-state index contributed by atoms with van der Waals surface area (Å²) in [5.41, 5.74) is 5.48. The summed E-state index contributed by atoms with van der Waals surface area (Å²) in [5, 5.41) is 0. The fourth-order valence-electron chi connectivity index (χ4n) is 1.23. The zero-order valence-electron chi connectivity index (χ0n) is 7.00. The number of rotatable bonds is 1. The van der Waals surface area contributed by atoms with Crippen LogP contribution in [0.2, 0.25) is 0 Å². The van der Waals surface area contributed by atoms with E-state index in [0.717, 1.165) is 16.0 Å². The van der Waals surface area contributed by atoms with Crippen molar-refractivity contribution < 1.29 is 9.47 Å². The van der Waals surface area contributed by atoms with Gasteiger partial charge in [-0.1, -0.05) is 6.07 Å². The fraction of sp³-hybridized carbons (Fsp3) is 0.333. The summed E-state index contributed by atoms with van der Waals surface area (Å²) in [6.07, 6.45) is -0.0261. The van der Waals surface area contributed by atoms with Gasteiger partial charge in [0, 0.05) is 6.54 Å². The molecule has 0 amide bonds. The molecule has 0 spiro atoms. The molecule has 1 aliphatic heterocycles. The quantitative estimate of drug-likeness (QED) is 0.815. The molecule has 1 heterocycles. The van der Waals surface area contributed by atoms with E-state index in [2.05, 4.69) is 15.9 Å². The minimum absolute atomic E-state index is 0.0261. The van der Waals surface area contributed by atoms with Crippen LogP contribution in [0.1, 0.15) is 0 Å². The SMILES string of the molecule is NCC1COc2c(Br)cccc2O1. The van der Waals surface area contributed by atoms with Gasteiger partial charge in [-0.2, -0.15) is 0 Å². The van der Waals surface area contributed by atoms with Crippen molar-refractivity contribution in [2.45, 2.75) is 6.10 Å². The Morgan fingerprint density at radius 3 is 3.15 bits per heavy atom. The summed E-state index contributed by atoms with van der Waals surface area (Å²) in [5.74, 6) is 1.53. The van der Waals surface area contributed by atoms with Crippen molar-refractivity contribution in [3.8, 4) is 11.5 Å². The van der Waals surface area contributed by atoms with Gasteiger partial charge in [0.1, 0.15) is 12.7 Å². The predicted molar refractivity (Wildman–Crippen MR) is 53.1 cm³/mol. The standard InChI is InChI=1S/C9H10BrNO2/c10-7-2-1-3-8-9(7)12-5-6(4-11)13-8/h1-3,6H,4-5,11H2. The first-order chi connectivity index (χ1) is 6.31. The Labute approximate surface area is 85.0 Å². The first kappa shape index (κ1) is 8.84. The molecule has 2 rings (SSSR count). The van der Waals surface area contributed by atoms with Crippen LogP contribution in [0.3, 0.4) is 0 Å². The molecule has 3 nitrogen and oxygen atoms in total.